The van der Waals surface area contributed by atoms with Crippen LogP contribution in [-0.4, -0.2) is 23.1 Å². The van der Waals surface area contributed by atoms with Crippen LogP contribution in [-0.2, 0) is 14.3 Å². The Labute approximate surface area is 224 Å². The third-order valence-electron chi connectivity index (χ3n) is 7.31. The first-order valence-corrected chi connectivity index (χ1v) is 16.0. The Hall–Kier alpha value is -1.06. The van der Waals surface area contributed by atoms with E-state index in [0.29, 0.717) is 12.8 Å². The topological polar surface area (TPSA) is 63.6 Å². The number of unbranched alkanes of at least 4 members (excludes halogenated alkanes) is 22. The van der Waals surface area contributed by atoms with Gasteiger partial charge in [0.2, 0.25) is 0 Å². The Morgan fingerprint density at radius 1 is 0.528 bits per heavy atom. The summed E-state index contributed by atoms with van der Waals surface area (Å²) in [7, 11) is 0. The molecule has 1 unspecified atom stereocenters. The Balaban J connectivity index is 3.67. The second-order valence-electron chi connectivity index (χ2n) is 11.0. The molecule has 4 heteroatoms. The van der Waals surface area contributed by atoms with Crippen molar-refractivity contribution in [3.05, 3.63) is 0 Å². The largest absolute Gasteiger partial charge is 0.481 e. The van der Waals surface area contributed by atoms with Crippen LogP contribution in [0.5, 0.6) is 0 Å². The average molecular weight is 511 g/mol. The number of rotatable bonds is 29. The molecule has 0 aromatic heterocycles. The first-order valence-electron chi connectivity index (χ1n) is 16.0. The molecule has 0 radical (unpaired) electrons. The lowest BCUT2D eigenvalue weighted by molar-refractivity contribution is -0.153. The monoisotopic (exact) mass is 510 g/mol. The molecule has 0 bridgehead atoms. The Morgan fingerprint density at radius 2 is 0.861 bits per heavy atom. The highest BCUT2D eigenvalue weighted by Gasteiger charge is 2.17. The zero-order chi connectivity index (χ0) is 26.5. The first kappa shape index (κ1) is 34.9. The number of hydrogen-bond donors (Lipinski definition) is 1. The molecule has 0 aliphatic carbocycles. The predicted molar refractivity (Wildman–Crippen MR) is 154 cm³/mol. The van der Waals surface area contributed by atoms with Crippen LogP contribution < -0.4 is 0 Å². The molecule has 0 saturated heterocycles. The molecule has 0 amide bonds. The maximum absolute atomic E-state index is 12.2. The van der Waals surface area contributed by atoms with Gasteiger partial charge in [-0.2, -0.15) is 0 Å². The smallest absolute Gasteiger partial charge is 0.307 e. The van der Waals surface area contributed by atoms with Crippen LogP contribution >= 0.6 is 0 Å². The minimum absolute atomic E-state index is 0.0672. The number of hydrogen-bond acceptors (Lipinski definition) is 3. The first-order chi connectivity index (χ1) is 17.6. The second kappa shape index (κ2) is 28.5. The van der Waals surface area contributed by atoms with E-state index in [2.05, 4.69) is 13.8 Å². The summed E-state index contributed by atoms with van der Waals surface area (Å²) >= 11 is 0. The van der Waals surface area contributed by atoms with Crippen LogP contribution in [0, 0.1) is 0 Å². The molecule has 1 N–H and O–H groups in total. The van der Waals surface area contributed by atoms with Crippen LogP contribution in [0.25, 0.3) is 0 Å². The molecule has 0 saturated carbocycles. The number of esters is 1. The van der Waals surface area contributed by atoms with E-state index in [1.807, 2.05) is 0 Å². The molecule has 0 aromatic rings. The van der Waals surface area contributed by atoms with Gasteiger partial charge >= 0.3 is 11.9 Å². The molecule has 36 heavy (non-hydrogen) atoms. The highest BCUT2D eigenvalue weighted by molar-refractivity contribution is 5.71. The summed E-state index contributed by atoms with van der Waals surface area (Å²) in [6.07, 6.45) is 31.1. The van der Waals surface area contributed by atoms with Crippen molar-refractivity contribution in [3.8, 4) is 0 Å². The van der Waals surface area contributed by atoms with Crippen LogP contribution in [0.15, 0.2) is 0 Å². The van der Waals surface area contributed by atoms with E-state index >= 15 is 0 Å². The summed E-state index contributed by atoms with van der Waals surface area (Å²) in [4.78, 5) is 23.4. The average Bonchev–Trinajstić information content (AvgIpc) is 2.85. The van der Waals surface area contributed by atoms with Gasteiger partial charge in [0.1, 0.15) is 6.10 Å². The fourth-order valence-electron chi connectivity index (χ4n) is 4.97. The molecule has 0 heterocycles. The van der Waals surface area contributed by atoms with Gasteiger partial charge < -0.3 is 9.84 Å². The van der Waals surface area contributed by atoms with Crippen molar-refractivity contribution in [2.75, 3.05) is 0 Å². The number of carbonyl (C=O) groups is 2. The fourth-order valence-corrected chi connectivity index (χ4v) is 4.97. The van der Waals surface area contributed by atoms with Crippen molar-refractivity contribution in [1.29, 1.82) is 0 Å². The van der Waals surface area contributed by atoms with Crippen molar-refractivity contribution in [2.24, 2.45) is 0 Å². The molecule has 0 spiro atoms. The minimum Gasteiger partial charge on any atom is -0.481 e. The molecule has 0 rings (SSSR count). The van der Waals surface area contributed by atoms with Crippen molar-refractivity contribution >= 4 is 11.9 Å². The van der Waals surface area contributed by atoms with Gasteiger partial charge in [0.15, 0.2) is 0 Å². The SMILES string of the molecule is CCCCCCCCCCCCCCC(=O)OC(CCCCCCCCCCCCCC)CC(=O)O. The summed E-state index contributed by atoms with van der Waals surface area (Å²) in [5.41, 5.74) is 0. The normalized spacial score (nSPS) is 12.1. The van der Waals surface area contributed by atoms with Crippen molar-refractivity contribution < 1.29 is 19.4 Å². The van der Waals surface area contributed by atoms with Gasteiger partial charge in [-0.15, -0.1) is 0 Å². The molecule has 214 valence electrons. The maximum Gasteiger partial charge on any atom is 0.307 e. The van der Waals surface area contributed by atoms with Gasteiger partial charge in [-0.1, -0.05) is 155 Å². The standard InChI is InChI=1S/C32H62O4/c1-3-5-7-9-11-13-15-17-19-21-23-25-27-30(29-31(33)34)36-32(35)28-26-24-22-20-18-16-14-12-10-8-6-4-2/h30H,3-29H2,1-2H3,(H,33,34). The third kappa shape index (κ3) is 27.5. The van der Waals surface area contributed by atoms with Crippen molar-refractivity contribution in [3.63, 3.8) is 0 Å². The third-order valence-corrected chi connectivity index (χ3v) is 7.31. The minimum atomic E-state index is -0.878. The lowest BCUT2D eigenvalue weighted by Gasteiger charge is -2.16. The van der Waals surface area contributed by atoms with E-state index in [1.165, 1.54) is 128 Å². The van der Waals surface area contributed by atoms with E-state index in [1.54, 1.807) is 0 Å². The van der Waals surface area contributed by atoms with Crippen molar-refractivity contribution in [1.82, 2.24) is 0 Å². The van der Waals surface area contributed by atoms with E-state index in [-0.39, 0.29) is 12.4 Å². The van der Waals surface area contributed by atoms with Crippen LogP contribution in [0.2, 0.25) is 0 Å². The molecule has 0 fully saturated rings. The number of carboxylic acid groups (broad SMARTS) is 1. The van der Waals surface area contributed by atoms with Gasteiger partial charge in [0, 0.05) is 6.42 Å². The van der Waals surface area contributed by atoms with E-state index in [9.17, 15) is 14.7 Å². The van der Waals surface area contributed by atoms with E-state index < -0.39 is 12.1 Å². The van der Waals surface area contributed by atoms with Crippen LogP contribution in [0.4, 0.5) is 0 Å². The number of aliphatic carboxylic acids is 1. The molecule has 0 aromatic carbocycles. The lowest BCUT2D eigenvalue weighted by atomic mass is 10.0. The van der Waals surface area contributed by atoms with Crippen LogP contribution in [0.1, 0.15) is 187 Å². The highest BCUT2D eigenvalue weighted by atomic mass is 16.5. The van der Waals surface area contributed by atoms with Gasteiger partial charge in [0.25, 0.3) is 0 Å². The Bertz CT molecular complexity index is 477. The quantitative estimate of drug-likeness (QED) is 0.0802. The Kier molecular flexibility index (Phi) is 27.7. The molecule has 0 aliphatic heterocycles. The van der Waals surface area contributed by atoms with E-state index in [4.69, 9.17) is 4.74 Å². The fraction of sp³-hybridized carbons (Fsp3) is 0.938. The van der Waals surface area contributed by atoms with Crippen molar-refractivity contribution in [2.45, 2.75) is 193 Å². The maximum atomic E-state index is 12.2. The van der Waals surface area contributed by atoms with Gasteiger partial charge in [-0.25, -0.2) is 0 Å². The zero-order valence-electron chi connectivity index (χ0n) is 24.3. The number of carbonyl (C=O) groups excluding carboxylic acids is 1. The zero-order valence-corrected chi connectivity index (χ0v) is 24.3. The molecule has 1 atom stereocenters. The van der Waals surface area contributed by atoms with Gasteiger partial charge in [0.05, 0.1) is 6.42 Å². The number of carboxylic acids is 1. The van der Waals surface area contributed by atoms with Crippen LogP contribution in [0.3, 0.4) is 0 Å². The lowest BCUT2D eigenvalue weighted by Crippen LogP contribution is -2.21. The second-order valence-corrected chi connectivity index (χ2v) is 11.0. The summed E-state index contributed by atoms with van der Waals surface area (Å²) < 4.78 is 5.54. The summed E-state index contributed by atoms with van der Waals surface area (Å²) in [6.45, 7) is 4.52. The molecular weight excluding hydrogens is 448 g/mol. The summed E-state index contributed by atoms with van der Waals surface area (Å²) in [5, 5.41) is 9.19. The Morgan fingerprint density at radius 3 is 1.22 bits per heavy atom. The summed E-state index contributed by atoms with van der Waals surface area (Å²) in [6, 6.07) is 0. The van der Waals surface area contributed by atoms with Gasteiger partial charge in [-0.3, -0.25) is 9.59 Å². The van der Waals surface area contributed by atoms with Gasteiger partial charge in [-0.05, 0) is 19.3 Å². The number of ether oxygens (including phenoxy) is 1. The molecule has 0 aliphatic rings. The highest BCUT2D eigenvalue weighted by Crippen LogP contribution is 2.17. The van der Waals surface area contributed by atoms with E-state index in [0.717, 1.165) is 25.7 Å². The molecule has 4 nitrogen and oxygen atoms in total. The molecular formula is C32H62O4. The summed E-state index contributed by atoms with van der Waals surface area (Å²) in [5.74, 6) is -1.09. The predicted octanol–water partition coefficient (Wildman–Crippen LogP) is 10.6.